The lowest BCUT2D eigenvalue weighted by atomic mass is 9.94. The van der Waals surface area contributed by atoms with Gasteiger partial charge in [-0.15, -0.1) is 10.2 Å². The molecule has 0 atom stereocenters. The molecule has 0 spiro atoms. The van der Waals surface area contributed by atoms with E-state index in [1.165, 1.54) is 28.5 Å². The highest BCUT2D eigenvalue weighted by Crippen LogP contribution is 2.23. The van der Waals surface area contributed by atoms with Crippen LogP contribution < -0.4 is 0 Å². The number of rotatable bonds is 9. The molecule has 25 heavy (non-hydrogen) atoms. The van der Waals surface area contributed by atoms with Crippen molar-refractivity contribution >= 4 is 17.5 Å². The van der Waals surface area contributed by atoms with Crippen LogP contribution >= 0.6 is 11.8 Å². The average molecular weight is 360 g/mol. The minimum absolute atomic E-state index is 0.248. The van der Waals surface area contributed by atoms with Gasteiger partial charge in [-0.1, -0.05) is 57.7 Å². The van der Waals surface area contributed by atoms with Gasteiger partial charge in [0, 0.05) is 18.9 Å². The summed E-state index contributed by atoms with van der Waals surface area (Å²) in [4.78, 5) is 12.6. The highest BCUT2D eigenvalue weighted by atomic mass is 32.2. The predicted octanol–water partition coefficient (Wildman–Crippen LogP) is 4.45. The van der Waals surface area contributed by atoms with E-state index in [1.54, 1.807) is 0 Å². The topological polar surface area (TPSA) is 47.8 Å². The summed E-state index contributed by atoms with van der Waals surface area (Å²) < 4.78 is 2.11. The maximum Gasteiger partial charge on any atom is 0.191 e. The molecule has 4 nitrogen and oxygen atoms in total. The number of carbonyl (C=O) groups excluding carboxylic acids is 1. The molecule has 1 aromatic heterocycles. The molecular weight excluding hydrogens is 330 g/mol. The Kier molecular flexibility index (Phi) is 7.24. The molecular formula is C20H29N3OS. The fourth-order valence-electron chi connectivity index (χ4n) is 3.10. The summed E-state index contributed by atoms with van der Waals surface area (Å²) >= 11 is 1.50. The van der Waals surface area contributed by atoms with Crippen LogP contribution in [-0.2, 0) is 30.6 Å². The van der Waals surface area contributed by atoms with Crippen LogP contribution in [0.1, 0.15) is 63.1 Å². The Bertz CT molecular complexity index is 699. The van der Waals surface area contributed by atoms with E-state index < -0.39 is 0 Å². The molecule has 0 fully saturated rings. The van der Waals surface area contributed by atoms with Crippen molar-refractivity contribution in [3.8, 4) is 0 Å². The third-order valence-corrected chi connectivity index (χ3v) is 5.47. The van der Waals surface area contributed by atoms with Crippen LogP contribution in [0.2, 0.25) is 0 Å². The quantitative estimate of drug-likeness (QED) is 0.621. The van der Waals surface area contributed by atoms with Crippen LogP contribution in [0.3, 0.4) is 0 Å². The first kappa shape index (κ1) is 19.7. The first-order valence-electron chi connectivity index (χ1n) is 9.18. The molecule has 0 aliphatic heterocycles. The van der Waals surface area contributed by atoms with Crippen molar-refractivity contribution in [1.29, 1.82) is 0 Å². The maximum atomic E-state index is 12.6. The van der Waals surface area contributed by atoms with Gasteiger partial charge >= 0.3 is 0 Å². The van der Waals surface area contributed by atoms with Crippen LogP contribution in [0.4, 0.5) is 0 Å². The Balaban J connectivity index is 2.07. The molecule has 0 radical (unpaired) electrons. The molecule has 1 heterocycles. The van der Waals surface area contributed by atoms with Crippen molar-refractivity contribution in [2.75, 3.05) is 5.75 Å². The van der Waals surface area contributed by atoms with Gasteiger partial charge in [-0.05, 0) is 36.5 Å². The Morgan fingerprint density at radius 3 is 2.28 bits per heavy atom. The Hall–Kier alpha value is -1.62. The van der Waals surface area contributed by atoms with Crippen LogP contribution in [0.25, 0.3) is 0 Å². The van der Waals surface area contributed by atoms with E-state index in [0.29, 0.717) is 18.1 Å². The molecule has 0 aliphatic rings. The summed E-state index contributed by atoms with van der Waals surface area (Å²) in [5.41, 5.74) is 3.80. The number of Topliss-reactive ketones (excluding diaryl/α,β-unsaturated/α-hetero) is 1. The zero-order valence-corrected chi connectivity index (χ0v) is 16.8. The molecule has 0 aliphatic carbocycles. The number of nitrogens with zero attached hydrogens (tertiary/aromatic N) is 3. The second-order valence-electron chi connectivity index (χ2n) is 6.51. The number of ketones is 1. The van der Waals surface area contributed by atoms with Gasteiger partial charge < -0.3 is 4.57 Å². The standard InChI is InChI=1S/C20H29N3OS/c1-6-15-10-9-11-16(7-2)18(15)12-17(24)13-25-20-22-21-19(14(4)5)23(20)8-3/h9-11,14H,6-8,12-13H2,1-5H3. The van der Waals surface area contributed by atoms with E-state index in [1.807, 2.05) is 0 Å². The number of aromatic nitrogens is 3. The van der Waals surface area contributed by atoms with Gasteiger partial charge in [-0.2, -0.15) is 0 Å². The molecule has 136 valence electrons. The zero-order chi connectivity index (χ0) is 18.4. The highest BCUT2D eigenvalue weighted by Gasteiger charge is 2.16. The van der Waals surface area contributed by atoms with E-state index in [0.717, 1.165) is 30.4 Å². The highest BCUT2D eigenvalue weighted by molar-refractivity contribution is 7.99. The number of hydrogen-bond acceptors (Lipinski definition) is 4. The van der Waals surface area contributed by atoms with E-state index in [-0.39, 0.29) is 5.78 Å². The van der Waals surface area contributed by atoms with Gasteiger partial charge in [-0.3, -0.25) is 4.79 Å². The summed E-state index contributed by atoms with van der Waals surface area (Å²) in [5, 5.41) is 9.41. The van der Waals surface area contributed by atoms with Crippen molar-refractivity contribution in [3.05, 3.63) is 40.7 Å². The second-order valence-corrected chi connectivity index (χ2v) is 7.45. The van der Waals surface area contributed by atoms with Gasteiger partial charge in [0.1, 0.15) is 11.6 Å². The Morgan fingerprint density at radius 1 is 1.12 bits per heavy atom. The molecule has 5 heteroatoms. The summed E-state index contributed by atoms with van der Waals surface area (Å²) in [6.07, 6.45) is 2.44. The summed E-state index contributed by atoms with van der Waals surface area (Å²) in [5.74, 6) is 2.01. The molecule has 0 saturated carbocycles. The van der Waals surface area contributed by atoms with Crippen molar-refractivity contribution in [3.63, 3.8) is 0 Å². The molecule has 0 unspecified atom stereocenters. The van der Waals surface area contributed by atoms with E-state index >= 15 is 0 Å². The molecule has 0 saturated heterocycles. The zero-order valence-electron chi connectivity index (χ0n) is 16.0. The van der Waals surface area contributed by atoms with E-state index in [9.17, 15) is 4.79 Å². The monoisotopic (exact) mass is 359 g/mol. The van der Waals surface area contributed by atoms with Crippen LogP contribution in [-0.4, -0.2) is 26.3 Å². The normalized spacial score (nSPS) is 11.3. The lowest BCUT2D eigenvalue weighted by molar-refractivity contribution is -0.116. The maximum absolute atomic E-state index is 12.6. The first-order valence-corrected chi connectivity index (χ1v) is 10.2. The molecule has 0 amide bonds. The Morgan fingerprint density at radius 2 is 1.76 bits per heavy atom. The lowest BCUT2D eigenvalue weighted by Gasteiger charge is -2.12. The number of benzene rings is 1. The molecule has 2 aromatic rings. The van der Waals surface area contributed by atoms with Crippen molar-refractivity contribution in [1.82, 2.24) is 14.8 Å². The summed E-state index contributed by atoms with van der Waals surface area (Å²) in [6.45, 7) is 11.4. The van der Waals surface area contributed by atoms with Crippen LogP contribution in [0.15, 0.2) is 23.4 Å². The van der Waals surface area contributed by atoms with Gasteiger partial charge in [0.05, 0.1) is 5.75 Å². The van der Waals surface area contributed by atoms with Crippen LogP contribution in [0.5, 0.6) is 0 Å². The van der Waals surface area contributed by atoms with Crippen molar-refractivity contribution < 1.29 is 4.79 Å². The van der Waals surface area contributed by atoms with Crippen molar-refractivity contribution in [2.45, 2.75) is 71.5 Å². The van der Waals surface area contributed by atoms with Crippen LogP contribution in [0, 0.1) is 0 Å². The molecule has 0 N–H and O–H groups in total. The number of hydrogen-bond donors (Lipinski definition) is 0. The van der Waals surface area contributed by atoms with Gasteiger partial charge in [-0.25, -0.2) is 0 Å². The minimum atomic E-state index is 0.248. The van der Waals surface area contributed by atoms with Crippen molar-refractivity contribution in [2.24, 2.45) is 0 Å². The van der Waals surface area contributed by atoms with Gasteiger partial charge in [0.15, 0.2) is 5.16 Å². The predicted molar refractivity (Wildman–Crippen MR) is 104 cm³/mol. The smallest absolute Gasteiger partial charge is 0.191 e. The third kappa shape index (κ3) is 4.72. The fourth-order valence-corrected chi connectivity index (χ4v) is 3.97. The Labute approximate surface area is 155 Å². The van der Waals surface area contributed by atoms with E-state index in [4.69, 9.17) is 0 Å². The third-order valence-electron chi connectivity index (χ3n) is 4.45. The number of carbonyl (C=O) groups is 1. The summed E-state index contributed by atoms with van der Waals surface area (Å²) in [7, 11) is 0. The first-order chi connectivity index (χ1) is 12.0. The minimum Gasteiger partial charge on any atom is -0.306 e. The SMILES string of the molecule is CCc1cccc(CC)c1CC(=O)CSc1nnc(C(C)C)n1CC. The largest absolute Gasteiger partial charge is 0.306 e. The molecule has 2 rings (SSSR count). The molecule has 1 aromatic carbocycles. The number of aryl methyl sites for hydroxylation is 2. The summed E-state index contributed by atoms with van der Waals surface area (Å²) in [6, 6.07) is 6.37. The fraction of sp³-hybridized carbons (Fsp3) is 0.550. The van der Waals surface area contributed by atoms with Gasteiger partial charge in [0.2, 0.25) is 0 Å². The second kappa shape index (κ2) is 9.18. The average Bonchev–Trinajstić information content (AvgIpc) is 3.03. The van der Waals surface area contributed by atoms with Gasteiger partial charge in [0.25, 0.3) is 0 Å². The lowest BCUT2D eigenvalue weighted by Crippen LogP contribution is -2.11. The molecule has 0 bridgehead atoms. The van der Waals surface area contributed by atoms with E-state index in [2.05, 4.69) is 67.6 Å². The number of thioether (sulfide) groups is 1.